The van der Waals surface area contributed by atoms with Crippen molar-refractivity contribution < 1.29 is 0 Å². The second kappa shape index (κ2) is 5.82. The van der Waals surface area contributed by atoms with Crippen molar-refractivity contribution in [3.63, 3.8) is 0 Å². The highest BCUT2D eigenvalue weighted by Gasteiger charge is 2.29. The Morgan fingerprint density at radius 1 is 0.727 bits per heavy atom. The van der Waals surface area contributed by atoms with E-state index in [9.17, 15) is 0 Å². The van der Waals surface area contributed by atoms with Crippen molar-refractivity contribution >= 4 is 31.9 Å². The third-order valence-electron chi connectivity index (χ3n) is 4.68. The lowest BCUT2D eigenvalue weighted by Gasteiger charge is -2.15. The van der Waals surface area contributed by atoms with Crippen LogP contribution in [0.1, 0.15) is 29.9 Å². The van der Waals surface area contributed by atoms with Crippen molar-refractivity contribution in [2.75, 3.05) is 0 Å². The molecule has 0 nitrogen and oxygen atoms in total. The molecule has 2 aromatic rings. The molecule has 22 heavy (non-hydrogen) atoms. The first-order valence-corrected chi connectivity index (χ1v) is 9.25. The topological polar surface area (TPSA) is 0 Å². The standard InChI is InChI=1S/C20H16Br2/c21-14-6-9-16-17-10-7-15(22)12-20(17)18(19(16)11-14)8-5-13-3-1-2-4-13/h1-4,6-7,9-13,18H,5,8H2. The number of rotatable bonds is 3. The van der Waals surface area contributed by atoms with Crippen LogP contribution in [0.15, 0.2) is 69.6 Å². The highest BCUT2D eigenvalue weighted by molar-refractivity contribution is 9.10. The number of hydrogen-bond acceptors (Lipinski definition) is 0. The molecule has 110 valence electrons. The Morgan fingerprint density at radius 3 is 1.82 bits per heavy atom. The molecule has 0 amide bonds. The molecule has 4 rings (SSSR count). The number of hydrogen-bond donors (Lipinski definition) is 0. The minimum atomic E-state index is 0.502. The lowest BCUT2D eigenvalue weighted by atomic mass is 9.89. The molecule has 0 saturated carbocycles. The summed E-state index contributed by atoms with van der Waals surface area (Å²) < 4.78 is 2.34. The van der Waals surface area contributed by atoms with Crippen LogP contribution in [0, 0.1) is 5.92 Å². The molecule has 2 aliphatic rings. The summed E-state index contributed by atoms with van der Waals surface area (Å²) in [6, 6.07) is 13.4. The van der Waals surface area contributed by atoms with Crippen molar-refractivity contribution in [1.82, 2.24) is 0 Å². The van der Waals surface area contributed by atoms with Gasteiger partial charge in [-0.05, 0) is 65.3 Å². The Balaban J connectivity index is 1.73. The summed E-state index contributed by atoms with van der Waals surface area (Å²) in [4.78, 5) is 0. The fourth-order valence-corrected chi connectivity index (χ4v) is 4.40. The first-order chi connectivity index (χ1) is 10.7. The van der Waals surface area contributed by atoms with Crippen LogP contribution < -0.4 is 0 Å². The summed E-state index contributed by atoms with van der Waals surface area (Å²) in [7, 11) is 0. The number of allylic oxidation sites excluding steroid dienone is 4. The fourth-order valence-electron chi connectivity index (χ4n) is 3.64. The van der Waals surface area contributed by atoms with E-state index in [-0.39, 0.29) is 0 Å². The zero-order valence-electron chi connectivity index (χ0n) is 12.1. The van der Waals surface area contributed by atoms with Gasteiger partial charge in [-0.15, -0.1) is 0 Å². The zero-order valence-corrected chi connectivity index (χ0v) is 15.3. The first kappa shape index (κ1) is 14.5. The molecule has 0 spiro atoms. The molecule has 2 aliphatic carbocycles. The molecular formula is C20H16Br2. The summed E-state index contributed by atoms with van der Waals surface area (Å²) in [6.45, 7) is 0. The van der Waals surface area contributed by atoms with Crippen LogP contribution in [-0.2, 0) is 0 Å². The number of fused-ring (bicyclic) bond motifs is 3. The largest absolute Gasteiger partial charge is 0.0776 e. The molecule has 0 N–H and O–H groups in total. The average Bonchev–Trinajstić information content (AvgIpc) is 3.10. The normalized spacial score (nSPS) is 16.3. The molecule has 0 aromatic heterocycles. The van der Waals surface area contributed by atoms with Gasteiger partial charge in [0.15, 0.2) is 0 Å². The van der Waals surface area contributed by atoms with Gasteiger partial charge in [0.25, 0.3) is 0 Å². The maximum atomic E-state index is 3.64. The summed E-state index contributed by atoms with van der Waals surface area (Å²) in [5.41, 5.74) is 5.73. The van der Waals surface area contributed by atoms with E-state index in [1.54, 1.807) is 0 Å². The van der Waals surface area contributed by atoms with Crippen molar-refractivity contribution in [2.24, 2.45) is 5.92 Å². The molecule has 0 aliphatic heterocycles. The summed E-state index contributed by atoms with van der Waals surface area (Å²) in [6.07, 6.45) is 11.3. The van der Waals surface area contributed by atoms with E-state index in [1.807, 2.05) is 0 Å². The predicted molar refractivity (Wildman–Crippen MR) is 100 cm³/mol. The summed E-state index contributed by atoms with van der Waals surface area (Å²) in [5, 5.41) is 0. The van der Waals surface area contributed by atoms with Gasteiger partial charge in [-0.3, -0.25) is 0 Å². The van der Waals surface area contributed by atoms with Crippen LogP contribution in [0.25, 0.3) is 11.1 Å². The van der Waals surface area contributed by atoms with Gasteiger partial charge in [0.05, 0.1) is 0 Å². The number of halogens is 2. The SMILES string of the molecule is Brc1ccc2c(c1)C(CCC1C=CC=C1)c1cc(Br)ccc1-2. The zero-order chi connectivity index (χ0) is 15.1. The van der Waals surface area contributed by atoms with E-state index in [2.05, 4.69) is 92.6 Å². The Bertz CT molecular complexity index is 723. The third kappa shape index (κ3) is 2.53. The van der Waals surface area contributed by atoms with E-state index in [4.69, 9.17) is 0 Å². The minimum absolute atomic E-state index is 0.502. The Kier molecular flexibility index (Phi) is 3.83. The second-order valence-electron chi connectivity index (χ2n) is 6.03. The highest BCUT2D eigenvalue weighted by Crippen LogP contribution is 2.48. The van der Waals surface area contributed by atoms with Gasteiger partial charge in [-0.1, -0.05) is 68.3 Å². The Labute approximate surface area is 148 Å². The summed E-state index contributed by atoms with van der Waals surface area (Å²) in [5.74, 6) is 1.11. The molecule has 0 saturated heterocycles. The quantitative estimate of drug-likeness (QED) is 0.514. The molecule has 0 unspecified atom stereocenters. The van der Waals surface area contributed by atoms with Gasteiger partial charge in [0.2, 0.25) is 0 Å². The van der Waals surface area contributed by atoms with Gasteiger partial charge < -0.3 is 0 Å². The molecule has 2 heteroatoms. The lowest BCUT2D eigenvalue weighted by Crippen LogP contribution is -2.00. The minimum Gasteiger partial charge on any atom is -0.0776 e. The molecule has 2 aromatic carbocycles. The van der Waals surface area contributed by atoms with Crippen molar-refractivity contribution in [2.45, 2.75) is 18.8 Å². The van der Waals surface area contributed by atoms with Crippen LogP contribution in [0.2, 0.25) is 0 Å². The van der Waals surface area contributed by atoms with E-state index in [1.165, 1.54) is 44.0 Å². The van der Waals surface area contributed by atoms with Gasteiger partial charge in [-0.25, -0.2) is 0 Å². The molecule has 0 atom stereocenters. The van der Waals surface area contributed by atoms with Crippen LogP contribution in [0.4, 0.5) is 0 Å². The van der Waals surface area contributed by atoms with Gasteiger partial charge in [0.1, 0.15) is 0 Å². The van der Waals surface area contributed by atoms with Crippen LogP contribution in [0.3, 0.4) is 0 Å². The van der Waals surface area contributed by atoms with Crippen molar-refractivity contribution in [1.29, 1.82) is 0 Å². The second-order valence-corrected chi connectivity index (χ2v) is 7.86. The average molecular weight is 416 g/mol. The molecule has 0 radical (unpaired) electrons. The van der Waals surface area contributed by atoms with Crippen LogP contribution >= 0.6 is 31.9 Å². The number of benzene rings is 2. The summed E-state index contributed by atoms with van der Waals surface area (Å²) >= 11 is 7.27. The maximum Gasteiger partial charge on any atom is 0.0178 e. The maximum absolute atomic E-state index is 3.64. The fraction of sp³-hybridized carbons (Fsp3) is 0.200. The van der Waals surface area contributed by atoms with Gasteiger partial charge in [0, 0.05) is 14.9 Å². The van der Waals surface area contributed by atoms with Gasteiger partial charge >= 0.3 is 0 Å². The molecule has 0 fully saturated rings. The third-order valence-corrected chi connectivity index (χ3v) is 5.67. The Morgan fingerprint density at radius 2 is 1.27 bits per heavy atom. The van der Waals surface area contributed by atoms with Crippen molar-refractivity contribution in [3.8, 4) is 11.1 Å². The highest BCUT2D eigenvalue weighted by atomic mass is 79.9. The van der Waals surface area contributed by atoms with E-state index in [0.717, 1.165) is 0 Å². The lowest BCUT2D eigenvalue weighted by molar-refractivity contribution is 0.615. The van der Waals surface area contributed by atoms with E-state index in [0.29, 0.717) is 11.8 Å². The Hall–Kier alpha value is -1.12. The van der Waals surface area contributed by atoms with Gasteiger partial charge in [-0.2, -0.15) is 0 Å². The van der Waals surface area contributed by atoms with E-state index < -0.39 is 0 Å². The van der Waals surface area contributed by atoms with Crippen LogP contribution in [-0.4, -0.2) is 0 Å². The molecule has 0 bridgehead atoms. The molecular weight excluding hydrogens is 400 g/mol. The van der Waals surface area contributed by atoms with Crippen molar-refractivity contribution in [3.05, 3.63) is 80.8 Å². The molecule has 0 heterocycles. The smallest absolute Gasteiger partial charge is 0.0178 e. The van der Waals surface area contributed by atoms with E-state index >= 15 is 0 Å². The van der Waals surface area contributed by atoms with Crippen LogP contribution in [0.5, 0.6) is 0 Å². The predicted octanol–water partition coefficient (Wildman–Crippen LogP) is 6.85. The first-order valence-electron chi connectivity index (χ1n) is 7.66. The monoisotopic (exact) mass is 414 g/mol.